The van der Waals surface area contributed by atoms with Crippen molar-refractivity contribution in [2.75, 3.05) is 33.3 Å². The third-order valence-electron chi connectivity index (χ3n) is 3.37. The summed E-state index contributed by atoms with van der Waals surface area (Å²) in [6.07, 6.45) is 1.59. The summed E-state index contributed by atoms with van der Waals surface area (Å²) in [6.45, 7) is 8.01. The van der Waals surface area contributed by atoms with Crippen LogP contribution in [0.15, 0.2) is 11.8 Å². The number of rotatable bonds is 1. The second-order valence-corrected chi connectivity index (χ2v) is 6.14. The molecule has 0 aromatic carbocycles. The quantitative estimate of drug-likeness (QED) is 0.677. The summed E-state index contributed by atoms with van der Waals surface area (Å²) in [7, 11) is 1.39. The predicted octanol–water partition coefficient (Wildman–Crippen LogP) is 1.23. The minimum absolute atomic E-state index is 0.226. The van der Waals surface area contributed by atoms with Gasteiger partial charge >= 0.3 is 12.1 Å². The van der Waals surface area contributed by atoms with Crippen LogP contribution < -0.4 is 0 Å². The van der Waals surface area contributed by atoms with E-state index < -0.39 is 5.60 Å². The van der Waals surface area contributed by atoms with E-state index in [1.165, 1.54) is 7.11 Å². The number of amides is 1. The number of hydrogen-bond acceptors (Lipinski definition) is 5. The third kappa shape index (κ3) is 3.23. The molecule has 112 valence electrons. The number of fused-ring (bicyclic) bond motifs is 1. The molecule has 2 aliphatic heterocycles. The van der Waals surface area contributed by atoms with Gasteiger partial charge in [-0.05, 0) is 26.8 Å². The molecule has 20 heavy (non-hydrogen) atoms. The van der Waals surface area contributed by atoms with Gasteiger partial charge in [-0.3, -0.25) is 4.79 Å². The topological polar surface area (TPSA) is 59.1 Å². The van der Waals surface area contributed by atoms with E-state index in [4.69, 9.17) is 9.47 Å². The summed E-state index contributed by atoms with van der Waals surface area (Å²) < 4.78 is 10.1. The molecule has 6 heteroatoms. The average molecular weight is 282 g/mol. The Hall–Kier alpha value is -1.72. The van der Waals surface area contributed by atoms with Gasteiger partial charge in [0, 0.05) is 25.3 Å². The van der Waals surface area contributed by atoms with E-state index in [0.29, 0.717) is 19.6 Å². The molecule has 1 fully saturated rings. The first kappa shape index (κ1) is 14.7. The molecule has 0 bridgehead atoms. The lowest BCUT2D eigenvalue weighted by molar-refractivity contribution is -0.143. The summed E-state index contributed by atoms with van der Waals surface area (Å²) >= 11 is 0. The van der Waals surface area contributed by atoms with E-state index in [-0.39, 0.29) is 18.0 Å². The van der Waals surface area contributed by atoms with Gasteiger partial charge in [-0.25, -0.2) is 4.79 Å². The van der Waals surface area contributed by atoms with Crippen LogP contribution >= 0.6 is 0 Å². The molecule has 0 aromatic rings. The van der Waals surface area contributed by atoms with Crippen LogP contribution in [0, 0.1) is 5.92 Å². The first-order valence-electron chi connectivity index (χ1n) is 6.81. The maximum absolute atomic E-state index is 12.0. The molecule has 1 atom stereocenters. The molecule has 0 radical (unpaired) electrons. The number of ether oxygens (including phenoxy) is 2. The Labute approximate surface area is 119 Å². The standard InChI is InChI=1S/C14H22N2O4/c1-14(2,3)20-13(18)16-6-5-15-8-10(12(17)19-4)7-11(15)9-16/h7,10H,5-6,8-9H2,1-4H3. The Bertz CT molecular complexity index is 439. The molecule has 0 aromatic heterocycles. The zero-order valence-electron chi connectivity index (χ0n) is 12.5. The highest BCUT2D eigenvalue weighted by Crippen LogP contribution is 2.25. The van der Waals surface area contributed by atoms with Crippen LogP contribution in [0.25, 0.3) is 0 Å². The van der Waals surface area contributed by atoms with Gasteiger partial charge < -0.3 is 19.3 Å². The number of nitrogens with zero attached hydrogens (tertiary/aromatic N) is 2. The van der Waals surface area contributed by atoms with Crippen molar-refractivity contribution in [3.63, 3.8) is 0 Å². The minimum Gasteiger partial charge on any atom is -0.469 e. The molecule has 0 saturated carbocycles. The molecule has 0 spiro atoms. The normalized spacial score (nSPS) is 22.2. The number of piperazine rings is 1. The number of carbonyl (C=O) groups excluding carboxylic acids is 2. The zero-order chi connectivity index (χ0) is 14.9. The van der Waals surface area contributed by atoms with Gasteiger partial charge in [0.25, 0.3) is 0 Å². The second kappa shape index (κ2) is 5.34. The second-order valence-electron chi connectivity index (χ2n) is 6.14. The Kier molecular flexibility index (Phi) is 3.92. The van der Waals surface area contributed by atoms with Crippen molar-refractivity contribution in [1.82, 2.24) is 9.80 Å². The SMILES string of the molecule is COC(=O)C1C=C2CN(C(=O)OC(C)(C)C)CCN2C1. The van der Waals surface area contributed by atoms with Crippen LogP contribution in [0.3, 0.4) is 0 Å². The monoisotopic (exact) mass is 282 g/mol. The van der Waals surface area contributed by atoms with Crippen molar-refractivity contribution < 1.29 is 19.1 Å². The van der Waals surface area contributed by atoms with Crippen LogP contribution in [-0.2, 0) is 14.3 Å². The van der Waals surface area contributed by atoms with Crippen LogP contribution in [0.2, 0.25) is 0 Å². The summed E-state index contributed by atoms with van der Waals surface area (Å²) in [5.41, 5.74) is 0.504. The third-order valence-corrected chi connectivity index (χ3v) is 3.37. The van der Waals surface area contributed by atoms with Crippen LogP contribution in [0.5, 0.6) is 0 Å². The summed E-state index contributed by atoms with van der Waals surface area (Å²) in [5, 5.41) is 0. The largest absolute Gasteiger partial charge is 0.469 e. The molecular formula is C14H22N2O4. The van der Waals surface area contributed by atoms with E-state index in [9.17, 15) is 9.59 Å². The first-order chi connectivity index (χ1) is 9.30. The predicted molar refractivity (Wildman–Crippen MR) is 73.0 cm³/mol. The highest BCUT2D eigenvalue weighted by Gasteiger charge is 2.35. The maximum Gasteiger partial charge on any atom is 0.410 e. The van der Waals surface area contributed by atoms with Crippen molar-refractivity contribution in [3.05, 3.63) is 11.8 Å². The van der Waals surface area contributed by atoms with Crippen LogP contribution in [0.1, 0.15) is 20.8 Å². The Morgan fingerprint density at radius 1 is 1.30 bits per heavy atom. The van der Waals surface area contributed by atoms with Crippen molar-refractivity contribution in [2.45, 2.75) is 26.4 Å². The fourth-order valence-corrected chi connectivity index (χ4v) is 2.42. The van der Waals surface area contributed by atoms with Crippen molar-refractivity contribution >= 4 is 12.1 Å². The lowest BCUT2D eigenvalue weighted by Gasteiger charge is -2.36. The molecule has 0 aliphatic carbocycles. The fourth-order valence-electron chi connectivity index (χ4n) is 2.42. The van der Waals surface area contributed by atoms with E-state index in [2.05, 4.69) is 4.90 Å². The summed E-state index contributed by atoms with van der Waals surface area (Å²) in [5.74, 6) is -0.454. The van der Waals surface area contributed by atoms with Crippen LogP contribution in [-0.4, -0.2) is 60.8 Å². The first-order valence-corrected chi connectivity index (χ1v) is 6.81. The van der Waals surface area contributed by atoms with E-state index in [1.54, 1.807) is 4.90 Å². The van der Waals surface area contributed by atoms with Gasteiger partial charge in [-0.15, -0.1) is 0 Å². The van der Waals surface area contributed by atoms with E-state index >= 15 is 0 Å². The fraction of sp³-hybridized carbons (Fsp3) is 0.714. The van der Waals surface area contributed by atoms with Gasteiger partial charge in [-0.2, -0.15) is 0 Å². The van der Waals surface area contributed by atoms with Crippen LogP contribution in [0.4, 0.5) is 4.79 Å². The average Bonchev–Trinajstić information content (AvgIpc) is 2.78. The number of carbonyl (C=O) groups is 2. The highest BCUT2D eigenvalue weighted by atomic mass is 16.6. The number of esters is 1. The van der Waals surface area contributed by atoms with Crippen molar-refractivity contribution in [2.24, 2.45) is 5.92 Å². The van der Waals surface area contributed by atoms with Crippen molar-refractivity contribution in [1.29, 1.82) is 0 Å². The van der Waals surface area contributed by atoms with Gasteiger partial charge in [0.1, 0.15) is 5.60 Å². The molecule has 6 nitrogen and oxygen atoms in total. The molecule has 1 saturated heterocycles. The summed E-state index contributed by atoms with van der Waals surface area (Å²) in [4.78, 5) is 27.4. The van der Waals surface area contributed by atoms with Gasteiger partial charge in [0.15, 0.2) is 0 Å². The Balaban J connectivity index is 1.99. The number of methoxy groups -OCH3 is 1. The molecule has 0 N–H and O–H groups in total. The molecular weight excluding hydrogens is 260 g/mol. The molecule has 2 heterocycles. The Morgan fingerprint density at radius 3 is 2.60 bits per heavy atom. The van der Waals surface area contributed by atoms with Gasteiger partial charge in [0.2, 0.25) is 0 Å². The Morgan fingerprint density at radius 2 is 2.00 bits per heavy atom. The van der Waals surface area contributed by atoms with E-state index in [0.717, 1.165) is 12.2 Å². The molecule has 2 aliphatic rings. The lowest BCUT2D eigenvalue weighted by Crippen LogP contribution is -2.47. The number of hydrogen-bond donors (Lipinski definition) is 0. The van der Waals surface area contributed by atoms with Gasteiger partial charge in [-0.1, -0.05) is 0 Å². The molecule has 2 rings (SSSR count). The molecule has 1 amide bonds. The smallest absolute Gasteiger partial charge is 0.410 e. The molecule has 1 unspecified atom stereocenters. The van der Waals surface area contributed by atoms with Crippen molar-refractivity contribution in [3.8, 4) is 0 Å². The maximum atomic E-state index is 12.0. The van der Waals surface area contributed by atoms with Gasteiger partial charge in [0.05, 0.1) is 19.6 Å². The zero-order valence-corrected chi connectivity index (χ0v) is 12.5. The lowest BCUT2D eigenvalue weighted by atomic mass is 10.1. The highest BCUT2D eigenvalue weighted by molar-refractivity contribution is 5.75. The van der Waals surface area contributed by atoms with E-state index in [1.807, 2.05) is 26.8 Å². The summed E-state index contributed by atoms with van der Waals surface area (Å²) in [6, 6.07) is 0. The minimum atomic E-state index is -0.493.